The fourth-order valence-electron chi connectivity index (χ4n) is 1.51. The maximum absolute atomic E-state index is 11.2. The highest BCUT2D eigenvalue weighted by Gasteiger charge is 2.25. The van der Waals surface area contributed by atoms with Crippen molar-refractivity contribution < 1.29 is 4.79 Å². The van der Waals surface area contributed by atoms with E-state index >= 15 is 0 Å². The molecule has 3 N–H and O–H groups in total. The second kappa shape index (κ2) is 6.73. The normalized spacial score (nSPS) is 13.0. The number of carbonyl (C=O) groups is 1. The lowest BCUT2D eigenvalue weighted by Crippen LogP contribution is -2.19. The summed E-state index contributed by atoms with van der Waals surface area (Å²) >= 11 is 0. The van der Waals surface area contributed by atoms with E-state index in [0.717, 1.165) is 6.54 Å². The number of nitrogens with zero attached hydrogens (tertiary/aromatic N) is 2. The van der Waals surface area contributed by atoms with Gasteiger partial charge in [-0.05, 0) is 18.8 Å². The molecule has 5 nitrogen and oxygen atoms in total. The quantitative estimate of drug-likeness (QED) is 0.786. The van der Waals surface area contributed by atoms with Gasteiger partial charge in [0.2, 0.25) is 0 Å². The Morgan fingerprint density at radius 1 is 1.65 bits per heavy atom. The van der Waals surface area contributed by atoms with E-state index in [1.54, 1.807) is 17.9 Å². The van der Waals surface area contributed by atoms with E-state index < -0.39 is 5.91 Å². The molecule has 1 fully saturated rings. The van der Waals surface area contributed by atoms with Crippen LogP contribution in [0.5, 0.6) is 0 Å². The number of primary amides is 1. The molecule has 1 aliphatic carbocycles. The van der Waals surface area contributed by atoms with Gasteiger partial charge in [-0.1, -0.05) is 7.43 Å². The van der Waals surface area contributed by atoms with Crippen LogP contribution in [-0.4, -0.2) is 22.7 Å². The Hall–Kier alpha value is -1.78. The smallest absolute Gasteiger partial charge is 0.269 e. The molecule has 1 aromatic rings. The monoisotopic (exact) mass is 238 g/mol. The molecule has 96 valence electrons. The molecule has 0 unspecified atom stereocenters. The van der Waals surface area contributed by atoms with Gasteiger partial charge >= 0.3 is 0 Å². The van der Waals surface area contributed by atoms with Crippen LogP contribution in [0.3, 0.4) is 0 Å². The van der Waals surface area contributed by atoms with E-state index in [1.165, 1.54) is 12.8 Å². The highest BCUT2D eigenvalue weighted by molar-refractivity contribution is 5.96. The Kier molecular flexibility index (Phi) is 6.02. The summed E-state index contributed by atoms with van der Waals surface area (Å²) < 4.78 is 1.70. The summed E-state index contributed by atoms with van der Waals surface area (Å²) in [7, 11) is 1.75. The molecule has 0 aliphatic heterocycles. The number of nitrogens with one attached hydrogen (secondary N) is 1. The van der Waals surface area contributed by atoms with Crippen LogP contribution < -0.4 is 11.1 Å². The maximum atomic E-state index is 11.2. The lowest BCUT2D eigenvalue weighted by molar-refractivity contribution is 0.0990. The van der Waals surface area contributed by atoms with Gasteiger partial charge in [0.1, 0.15) is 5.69 Å². The molecular formula is C12H22N4O. The van der Waals surface area contributed by atoms with Crippen LogP contribution in [0, 0.1) is 5.92 Å². The topological polar surface area (TPSA) is 72.9 Å². The van der Waals surface area contributed by atoms with Gasteiger partial charge in [-0.15, -0.1) is 13.2 Å². The third-order valence-corrected chi connectivity index (χ3v) is 2.47. The van der Waals surface area contributed by atoms with E-state index in [9.17, 15) is 4.79 Å². The summed E-state index contributed by atoms with van der Waals surface area (Å²) in [5.41, 5.74) is 6.48. The summed E-state index contributed by atoms with van der Waals surface area (Å²) in [6, 6.07) is 0. The molecule has 0 spiro atoms. The van der Waals surface area contributed by atoms with Crippen LogP contribution in [0.15, 0.2) is 19.4 Å². The Balaban J connectivity index is 0.000000811. The highest BCUT2D eigenvalue weighted by atomic mass is 16.1. The molecule has 0 aromatic carbocycles. The van der Waals surface area contributed by atoms with Gasteiger partial charge in [0.25, 0.3) is 5.91 Å². The average molecular weight is 238 g/mol. The molecule has 0 atom stereocenters. The van der Waals surface area contributed by atoms with Crippen molar-refractivity contribution in [3.63, 3.8) is 0 Å². The molecule has 0 saturated heterocycles. The molecule has 2 rings (SSSR count). The SMILES string of the molecule is C.C=C.CNc1cnn(CC2CC2)c1C(N)=O. The Morgan fingerprint density at radius 3 is 2.65 bits per heavy atom. The zero-order chi connectivity index (χ0) is 12.1. The molecular weight excluding hydrogens is 216 g/mol. The number of amides is 1. The number of nitrogens with two attached hydrogens (primary N) is 1. The van der Waals surface area contributed by atoms with Crippen molar-refractivity contribution in [2.45, 2.75) is 26.8 Å². The maximum Gasteiger partial charge on any atom is 0.269 e. The zero-order valence-electron chi connectivity index (χ0n) is 9.57. The summed E-state index contributed by atoms with van der Waals surface area (Å²) in [5, 5.41) is 7.05. The van der Waals surface area contributed by atoms with Crippen LogP contribution in [-0.2, 0) is 6.54 Å². The van der Waals surface area contributed by atoms with Crippen molar-refractivity contribution in [3.8, 4) is 0 Å². The molecule has 1 amide bonds. The van der Waals surface area contributed by atoms with Crippen molar-refractivity contribution in [1.29, 1.82) is 0 Å². The first-order chi connectivity index (χ1) is 7.72. The lowest BCUT2D eigenvalue weighted by atomic mass is 10.3. The first-order valence-electron chi connectivity index (χ1n) is 5.25. The third-order valence-electron chi connectivity index (χ3n) is 2.47. The van der Waals surface area contributed by atoms with Crippen molar-refractivity contribution in [1.82, 2.24) is 9.78 Å². The van der Waals surface area contributed by atoms with E-state index in [-0.39, 0.29) is 7.43 Å². The second-order valence-electron chi connectivity index (χ2n) is 3.65. The molecule has 1 heterocycles. The van der Waals surface area contributed by atoms with Gasteiger partial charge in [0.15, 0.2) is 0 Å². The Labute approximate surface area is 103 Å². The molecule has 0 radical (unpaired) electrons. The van der Waals surface area contributed by atoms with Crippen LogP contribution >= 0.6 is 0 Å². The molecule has 1 aliphatic rings. The predicted octanol–water partition coefficient (Wildman–Crippen LogP) is 1.87. The number of rotatable bonds is 4. The van der Waals surface area contributed by atoms with Crippen LogP contribution in [0.1, 0.15) is 30.8 Å². The molecule has 1 saturated carbocycles. The molecule has 17 heavy (non-hydrogen) atoms. The van der Waals surface area contributed by atoms with Crippen LogP contribution in [0.25, 0.3) is 0 Å². The van der Waals surface area contributed by atoms with Crippen molar-refractivity contribution in [3.05, 3.63) is 25.0 Å². The number of aromatic nitrogens is 2. The standard InChI is InChI=1S/C9H14N4O.C2H4.CH4/c1-11-7-4-12-13(5-6-2-3-6)8(7)9(10)14;1-2;/h4,6,11H,2-3,5H2,1H3,(H2,10,14);1-2H2;1H4. The molecule has 0 bridgehead atoms. The summed E-state index contributed by atoms with van der Waals surface area (Å²) in [4.78, 5) is 11.2. The van der Waals surface area contributed by atoms with Crippen LogP contribution in [0.2, 0.25) is 0 Å². The number of hydrogen-bond acceptors (Lipinski definition) is 3. The van der Waals surface area contributed by atoms with Crippen molar-refractivity contribution in [2.75, 3.05) is 12.4 Å². The minimum atomic E-state index is -0.424. The first-order valence-corrected chi connectivity index (χ1v) is 5.25. The summed E-state index contributed by atoms with van der Waals surface area (Å²) in [6.07, 6.45) is 4.10. The summed E-state index contributed by atoms with van der Waals surface area (Å²) in [6.45, 7) is 6.81. The number of carbonyl (C=O) groups excluding carboxylic acids is 1. The van der Waals surface area contributed by atoms with E-state index in [1.807, 2.05) is 0 Å². The van der Waals surface area contributed by atoms with Crippen molar-refractivity contribution in [2.24, 2.45) is 11.7 Å². The largest absolute Gasteiger partial charge is 0.385 e. The Morgan fingerprint density at radius 2 is 2.24 bits per heavy atom. The van der Waals surface area contributed by atoms with Crippen LogP contribution in [0.4, 0.5) is 5.69 Å². The van der Waals surface area contributed by atoms with E-state index in [4.69, 9.17) is 5.73 Å². The summed E-state index contributed by atoms with van der Waals surface area (Å²) in [5.74, 6) is 0.255. The average Bonchev–Trinajstić information content (AvgIpc) is 2.99. The van der Waals surface area contributed by atoms with Gasteiger partial charge in [0, 0.05) is 13.6 Å². The fraction of sp³-hybridized carbons (Fsp3) is 0.500. The second-order valence-corrected chi connectivity index (χ2v) is 3.65. The van der Waals surface area contributed by atoms with E-state index in [2.05, 4.69) is 23.6 Å². The van der Waals surface area contributed by atoms with Gasteiger partial charge in [-0.25, -0.2) is 0 Å². The Bertz CT molecular complexity index is 369. The van der Waals surface area contributed by atoms with Gasteiger partial charge in [-0.3, -0.25) is 9.48 Å². The molecule has 1 aromatic heterocycles. The molecule has 5 heteroatoms. The first kappa shape index (κ1) is 15.2. The minimum absolute atomic E-state index is 0. The van der Waals surface area contributed by atoms with Gasteiger partial charge in [0.05, 0.1) is 11.9 Å². The number of hydrogen-bond donors (Lipinski definition) is 2. The number of anilines is 1. The highest BCUT2D eigenvalue weighted by Crippen LogP contribution is 2.31. The lowest BCUT2D eigenvalue weighted by Gasteiger charge is -2.04. The zero-order valence-corrected chi connectivity index (χ0v) is 9.57. The van der Waals surface area contributed by atoms with E-state index in [0.29, 0.717) is 17.3 Å². The third kappa shape index (κ3) is 3.62. The van der Waals surface area contributed by atoms with Gasteiger partial charge < -0.3 is 11.1 Å². The minimum Gasteiger partial charge on any atom is -0.385 e. The fourth-order valence-corrected chi connectivity index (χ4v) is 1.51. The predicted molar refractivity (Wildman–Crippen MR) is 71.0 cm³/mol. The van der Waals surface area contributed by atoms with Crippen molar-refractivity contribution >= 4 is 11.6 Å². The van der Waals surface area contributed by atoms with Gasteiger partial charge in [-0.2, -0.15) is 5.10 Å².